The van der Waals surface area contributed by atoms with Crippen molar-refractivity contribution in [2.24, 2.45) is 0 Å². The van der Waals surface area contributed by atoms with Gasteiger partial charge in [-0.3, -0.25) is 9.59 Å². The highest BCUT2D eigenvalue weighted by atomic mass is 32.1. The minimum absolute atomic E-state index is 0.0827. The zero-order valence-corrected chi connectivity index (χ0v) is 14.4. The fraction of sp³-hybridized carbons (Fsp3) is 0.368. The number of likely N-dealkylation sites (tertiary alicyclic amines) is 1. The third kappa shape index (κ3) is 4.03. The van der Waals surface area contributed by atoms with Gasteiger partial charge in [0, 0.05) is 30.0 Å². The summed E-state index contributed by atoms with van der Waals surface area (Å²) in [7, 11) is 0. The van der Waals surface area contributed by atoms with Gasteiger partial charge < -0.3 is 10.2 Å². The number of thiophene rings is 1. The number of carbonyl (C=O) groups is 2. The van der Waals surface area contributed by atoms with E-state index in [9.17, 15) is 9.59 Å². The molecule has 126 valence electrons. The smallest absolute Gasteiger partial charge is 0.251 e. The number of amides is 2. The molecule has 1 N–H and O–H groups in total. The second kappa shape index (κ2) is 8.11. The summed E-state index contributed by atoms with van der Waals surface area (Å²) in [5, 5.41) is 4.94. The average molecular weight is 342 g/mol. The highest BCUT2D eigenvalue weighted by Crippen LogP contribution is 2.34. The topological polar surface area (TPSA) is 49.4 Å². The van der Waals surface area contributed by atoms with Crippen molar-refractivity contribution in [1.29, 1.82) is 0 Å². The SMILES string of the molecule is O=C(NCCCC(=O)N1CCCC1c1cccs1)c1ccccc1. The van der Waals surface area contributed by atoms with Gasteiger partial charge >= 0.3 is 0 Å². The van der Waals surface area contributed by atoms with E-state index in [4.69, 9.17) is 0 Å². The van der Waals surface area contributed by atoms with E-state index in [0.29, 0.717) is 24.9 Å². The predicted molar refractivity (Wildman–Crippen MR) is 96.0 cm³/mol. The first kappa shape index (κ1) is 16.7. The maximum atomic E-state index is 12.5. The Bertz CT molecular complexity index is 670. The van der Waals surface area contributed by atoms with Crippen molar-refractivity contribution in [1.82, 2.24) is 10.2 Å². The molecule has 2 amide bonds. The molecule has 24 heavy (non-hydrogen) atoms. The minimum atomic E-state index is -0.0827. The van der Waals surface area contributed by atoms with Crippen LogP contribution in [0.25, 0.3) is 0 Å². The molecule has 0 saturated carbocycles. The second-order valence-electron chi connectivity index (χ2n) is 5.99. The van der Waals surface area contributed by atoms with Crippen molar-refractivity contribution >= 4 is 23.2 Å². The molecule has 1 unspecified atom stereocenters. The zero-order chi connectivity index (χ0) is 16.8. The van der Waals surface area contributed by atoms with E-state index in [-0.39, 0.29) is 17.9 Å². The first-order chi connectivity index (χ1) is 11.8. The van der Waals surface area contributed by atoms with E-state index in [1.54, 1.807) is 23.5 Å². The van der Waals surface area contributed by atoms with Crippen LogP contribution in [0.1, 0.15) is 47.0 Å². The molecule has 1 atom stereocenters. The average Bonchev–Trinajstić information content (AvgIpc) is 3.29. The summed E-state index contributed by atoms with van der Waals surface area (Å²) in [5.74, 6) is 0.112. The van der Waals surface area contributed by atoms with Gasteiger partial charge in [0.25, 0.3) is 5.91 Å². The molecule has 4 nitrogen and oxygen atoms in total. The summed E-state index contributed by atoms with van der Waals surface area (Å²) in [6, 6.07) is 13.5. The van der Waals surface area contributed by atoms with Crippen LogP contribution in [0.5, 0.6) is 0 Å². The number of hydrogen-bond acceptors (Lipinski definition) is 3. The van der Waals surface area contributed by atoms with Gasteiger partial charge in [0.05, 0.1) is 6.04 Å². The molecular formula is C19H22N2O2S. The van der Waals surface area contributed by atoms with Crippen LogP contribution in [0.4, 0.5) is 0 Å². The maximum absolute atomic E-state index is 12.5. The normalized spacial score (nSPS) is 17.0. The van der Waals surface area contributed by atoms with E-state index >= 15 is 0 Å². The van der Waals surface area contributed by atoms with Crippen molar-refractivity contribution in [3.8, 4) is 0 Å². The largest absolute Gasteiger partial charge is 0.352 e. The van der Waals surface area contributed by atoms with Crippen molar-refractivity contribution in [2.45, 2.75) is 31.7 Å². The van der Waals surface area contributed by atoms with Crippen molar-refractivity contribution in [3.63, 3.8) is 0 Å². The van der Waals surface area contributed by atoms with Crippen LogP contribution in [-0.4, -0.2) is 29.8 Å². The molecule has 1 aliphatic heterocycles. The van der Waals surface area contributed by atoms with Crippen molar-refractivity contribution < 1.29 is 9.59 Å². The van der Waals surface area contributed by atoms with Gasteiger partial charge in [0.15, 0.2) is 0 Å². The fourth-order valence-electron chi connectivity index (χ4n) is 3.12. The lowest BCUT2D eigenvalue weighted by atomic mass is 10.1. The molecule has 1 aliphatic rings. The van der Waals surface area contributed by atoms with Crippen LogP contribution in [0.15, 0.2) is 47.8 Å². The van der Waals surface area contributed by atoms with E-state index in [2.05, 4.69) is 16.8 Å². The van der Waals surface area contributed by atoms with Crippen LogP contribution in [0.2, 0.25) is 0 Å². The lowest BCUT2D eigenvalue weighted by Crippen LogP contribution is -2.31. The molecule has 5 heteroatoms. The summed E-state index contributed by atoms with van der Waals surface area (Å²) in [4.78, 5) is 27.7. The van der Waals surface area contributed by atoms with Gasteiger partial charge in [0.2, 0.25) is 5.91 Å². The number of carbonyl (C=O) groups excluding carboxylic acids is 2. The Balaban J connectivity index is 1.43. The highest BCUT2D eigenvalue weighted by Gasteiger charge is 2.29. The number of nitrogens with zero attached hydrogens (tertiary/aromatic N) is 1. The molecule has 0 aliphatic carbocycles. The Labute approximate surface area is 146 Å². The third-order valence-electron chi connectivity index (χ3n) is 4.33. The predicted octanol–water partition coefficient (Wildman–Crippen LogP) is 3.62. The Morgan fingerprint density at radius 2 is 2.00 bits per heavy atom. The van der Waals surface area contributed by atoms with Gasteiger partial charge in [-0.1, -0.05) is 24.3 Å². The van der Waals surface area contributed by atoms with Gasteiger partial charge in [-0.05, 0) is 42.8 Å². The Morgan fingerprint density at radius 1 is 1.17 bits per heavy atom. The first-order valence-corrected chi connectivity index (χ1v) is 9.30. The Kier molecular flexibility index (Phi) is 5.64. The molecule has 0 radical (unpaired) electrons. The lowest BCUT2D eigenvalue weighted by molar-refractivity contribution is -0.132. The molecule has 1 fully saturated rings. The Morgan fingerprint density at radius 3 is 2.75 bits per heavy atom. The summed E-state index contributed by atoms with van der Waals surface area (Å²) in [6.45, 7) is 1.37. The quantitative estimate of drug-likeness (QED) is 0.815. The Hall–Kier alpha value is -2.14. The van der Waals surface area contributed by atoms with Crippen LogP contribution in [-0.2, 0) is 4.79 Å². The number of hydrogen-bond donors (Lipinski definition) is 1. The van der Waals surface area contributed by atoms with E-state index in [1.165, 1.54) is 4.88 Å². The number of nitrogens with one attached hydrogen (secondary N) is 1. The molecule has 2 heterocycles. The number of rotatable bonds is 6. The van der Waals surface area contributed by atoms with Crippen LogP contribution in [0, 0.1) is 0 Å². The lowest BCUT2D eigenvalue weighted by Gasteiger charge is -2.24. The van der Waals surface area contributed by atoms with E-state index in [0.717, 1.165) is 19.4 Å². The van der Waals surface area contributed by atoms with E-state index < -0.39 is 0 Å². The second-order valence-corrected chi connectivity index (χ2v) is 6.97. The van der Waals surface area contributed by atoms with Gasteiger partial charge in [-0.25, -0.2) is 0 Å². The molecular weight excluding hydrogens is 320 g/mol. The first-order valence-electron chi connectivity index (χ1n) is 8.42. The fourth-order valence-corrected chi connectivity index (χ4v) is 3.99. The van der Waals surface area contributed by atoms with Crippen LogP contribution in [0.3, 0.4) is 0 Å². The maximum Gasteiger partial charge on any atom is 0.251 e. The summed E-state index contributed by atoms with van der Waals surface area (Å²) in [6.07, 6.45) is 3.28. The molecule has 1 saturated heterocycles. The summed E-state index contributed by atoms with van der Waals surface area (Å²) < 4.78 is 0. The molecule has 2 aromatic rings. The van der Waals surface area contributed by atoms with Gasteiger partial charge in [-0.15, -0.1) is 11.3 Å². The number of benzene rings is 1. The molecule has 0 bridgehead atoms. The third-order valence-corrected chi connectivity index (χ3v) is 5.31. The molecule has 3 rings (SSSR count). The van der Waals surface area contributed by atoms with Crippen LogP contribution >= 0.6 is 11.3 Å². The summed E-state index contributed by atoms with van der Waals surface area (Å²) in [5.41, 5.74) is 0.654. The van der Waals surface area contributed by atoms with Crippen LogP contribution < -0.4 is 5.32 Å². The summed E-state index contributed by atoms with van der Waals surface area (Å²) >= 11 is 1.72. The van der Waals surface area contributed by atoms with Crippen molar-refractivity contribution in [3.05, 3.63) is 58.3 Å². The zero-order valence-electron chi connectivity index (χ0n) is 13.6. The minimum Gasteiger partial charge on any atom is -0.352 e. The molecule has 1 aromatic heterocycles. The standard InChI is InChI=1S/C19H22N2O2S/c22-18(21-13-5-9-16(21)17-10-6-14-24-17)11-4-12-20-19(23)15-7-2-1-3-8-15/h1-3,6-8,10,14,16H,4-5,9,11-13H2,(H,20,23). The van der Waals surface area contributed by atoms with Gasteiger partial charge in [-0.2, -0.15) is 0 Å². The molecule has 0 spiro atoms. The highest BCUT2D eigenvalue weighted by molar-refractivity contribution is 7.10. The molecule has 1 aromatic carbocycles. The van der Waals surface area contributed by atoms with Crippen molar-refractivity contribution in [2.75, 3.05) is 13.1 Å². The monoisotopic (exact) mass is 342 g/mol. The van der Waals surface area contributed by atoms with E-state index in [1.807, 2.05) is 29.2 Å². The van der Waals surface area contributed by atoms with Gasteiger partial charge in [0.1, 0.15) is 0 Å².